The van der Waals surface area contributed by atoms with E-state index in [4.69, 9.17) is 13.7 Å². The zero-order valence-electron chi connectivity index (χ0n) is 28.2. The Morgan fingerprint density at radius 3 is 1.93 bits per heavy atom. The first-order valence-corrected chi connectivity index (χ1v) is 18.1. The van der Waals surface area contributed by atoms with Crippen molar-refractivity contribution in [2.45, 2.75) is 114 Å². The Bertz CT molecular complexity index is 1400. The average Bonchev–Trinajstić information content (AvgIpc) is 3.04. The van der Waals surface area contributed by atoms with Crippen LogP contribution in [0.3, 0.4) is 0 Å². The van der Waals surface area contributed by atoms with Crippen LogP contribution >= 0.6 is 0 Å². The predicted molar refractivity (Wildman–Crippen MR) is 182 cm³/mol. The fourth-order valence-corrected chi connectivity index (χ4v) is 8.03. The largest absolute Gasteiger partial charge is 0.381 e. The summed E-state index contributed by atoms with van der Waals surface area (Å²) in [5.41, 5.74) is 0.0781. The molecule has 46 heavy (non-hydrogen) atoms. The molecule has 258 valence electrons. The van der Waals surface area contributed by atoms with Gasteiger partial charge in [0, 0.05) is 27.5 Å². The van der Waals surface area contributed by atoms with Crippen molar-refractivity contribution < 1.29 is 37.9 Å². The molecule has 2 fully saturated rings. The van der Waals surface area contributed by atoms with E-state index in [1.807, 2.05) is 0 Å². The fraction of sp³-hybridized carbons (Fsp3) is 0.639. The molecule has 10 heteroatoms. The maximum Gasteiger partial charge on any atom is 0.299 e. The lowest BCUT2D eigenvalue weighted by Gasteiger charge is -2.29. The Kier molecular flexibility index (Phi) is 15.3. The number of fused-ring (bicyclic) bond motifs is 1. The SMILES string of the molecule is COC(CC(C)=O)CC1CCCCC1.COC(CC1CCCCC1)C(C(C)=O)C(=O)Nc1ccc2ccccc2c1S(=O)(=O)OC.[HH]. The van der Waals surface area contributed by atoms with Crippen LogP contribution in [0.1, 0.15) is 98.7 Å². The maximum atomic E-state index is 13.3. The smallest absolute Gasteiger partial charge is 0.299 e. The second kappa shape index (κ2) is 18.6. The highest BCUT2D eigenvalue weighted by Gasteiger charge is 2.35. The molecule has 0 radical (unpaired) electrons. The normalized spacial score (nSPS) is 18.2. The molecule has 0 bridgehead atoms. The van der Waals surface area contributed by atoms with Crippen LogP contribution in [0.4, 0.5) is 5.69 Å². The number of benzene rings is 2. The Labute approximate surface area is 276 Å². The fourth-order valence-electron chi connectivity index (χ4n) is 7.02. The third kappa shape index (κ3) is 11.0. The Morgan fingerprint density at radius 1 is 0.826 bits per heavy atom. The third-order valence-electron chi connectivity index (χ3n) is 9.46. The van der Waals surface area contributed by atoms with Crippen LogP contribution in [0.5, 0.6) is 0 Å². The van der Waals surface area contributed by atoms with Gasteiger partial charge in [-0.1, -0.05) is 94.5 Å². The van der Waals surface area contributed by atoms with E-state index in [1.165, 1.54) is 58.6 Å². The van der Waals surface area contributed by atoms with Gasteiger partial charge in [-0.25, -0.2) is 0 Å². The molecule has 2 aromatic carbocycles. The highest BCUT2D eigenvalue weighted by atomic mass is 32.2. The first-order chi connectivity index (χ1) is 22.0. The summed E-state index contributed by atoms with van der Waals surface area (Å²) in [6.07, 6.45) is 14.3. The van der Waals surface area contributed by atoms with E-state index in [-0.39, 0.29) is 29.7 Å². The minimum atomic E-state index is -4.13. The molecule has 2 aliphatic rings. The minimum Gasteiger partial charge on any atom is -0.381 e. The summed E-state index contributed by atoms with van der Waals surface area (Å²) in [4.78, 5) is 36.6. The molecular formula is C36H55NO8S. The summed E-state index contributed by atoms with van der Waals surface area (Å²) in [6.45, 7) is 3.01. The van der Waals surface area contributed by atoms with Gasteiger partial charge in [-0.2, -0.15) is 8.42 Å². The molecule has 2 saturated carbocycles. The monoisotopic (exact) mass is 661 g/mol. The molecule has 0 saturated heterocycles. The van der Waals surface area contributed by atoms with Crippen molar-refractivity contribution in [3.05, 3.63) is 36.4 Å². The van der Waals surface area contributed by atoms with Gasteiger partial charge in [0.15, 0.2) is 0 Å². The number of rotatable bonds is 14. The summed E-state index contributed by atoms with van der Waals surface area (Å²) < 4.78 is 41.1. The molecule has 2 aliphatic carbocycles. The van der Waals surface area contributed by atoms with Crippen molar-refractivity contribution in [2.75, 3.05) is 26.6 Å². The average molecular weight is 662 g/mol. The van der Waals surface area contributed by atoms with E-state index < -0.39 is 28.0 Å². The number of hydrogen-bond donors (Lipinski definition) is 1. The van der Waals surface area contributed by atoms with Gasteiger partial charge < -0.3 is 14.8 Å². The van der Waals surface area contributed by atoms with Gasteiger partial charge in [0.05, 0.1) is 25.0 Å². The molecule has 3 unspecified atom stereocenters. The highest BCUT2D eigenvalue weighted by Crippen LogP contribution is 2.34. The first kappa shape index (κ1) is 37.8. The summed E-state index contributed by atoms with van der Waals surface area (Å²) in [5.74, 6) is -0.481. The van der Waals surface area contributed by atoms with Crippen molar-refractivity contribution in [3.8, 4) is 0 Å². The zero-order valence-corrected chi connectivity index (χ0v) is 29.0. The van der Waals surface area contributed by atoms with Crippen LogP contribution < -0.4 is 5.32 Å². The van der Waals surface area contributed by atoms with Crippen molar-refractivity contribution in [3.63, 3.8) is 0 Å². The number of hydrogen-bond acceptors (Lipinski definition) is 8. The number of anilines is 1. The van der Waals surface area contributed by atoms with E-state index in [9.17, 15) is 22.8 Å². The second-order valence-electron chi connectivity index (χ2n) is 12.9. The van der Waals surface area contributed by atoms with Gasteiger partial charge >= 0.3 is 0 Å². The van der Waals surface area contributed by atoms with Crippen LogP contribution in [-0.2, 0) is 38.2 Å². The summed E-state index contributed by atoms with van der Waals surface area (Å²) in [7, 11) is 0.175. The lowest BCUT2D eigenvalue weighted by atomic mass is 9.81. The Hall–Kier alpha value is -2.66. The first-order valence-electron chi connectivity index (χ1n) is 16.7. The van der Waals surface area contributed by atoms with Crippen LogP contribution in [0, 0.1) is 17.8 Å². The molecule has 9 nitrogen and oxygen atoms in total. The van der Waals surface area contributed by atoms with E-state index in [1.54, 1.807) is 44.4 Å². The number of Topliss-reactive ketones (excluding diaryl/α,β-unsaturated/α-hetero) is 2. The van der Waals surface area contributed by atoms with Crippen LogP contribution in [0.2, 0.25) is 0 Å². The summed E-state index contributed by atoms with van der Waals surface area (Å²) in [6, 6.07) is 10.2. The van der Waals surface area contributed by atoms with Crippen LogP contribution in [0.15, 0.2) is 41.3 Å². The van der Waals surface area contributed by atoms with E-state index >= 15 is 0 Å². The van der Waals surface area contributed by atoms with Crippen molar-refractivity contribution in [1.82, 2.24) is 0 Å². The molecule has 2 aromatic rings. The maximum absolute atomic E-state index is 13.3. The molecule has 3 atom stereocenters. The molecule has 0 heterocycles. The molecule has 4 rings (SSSR count). The van der Waals surface area contributed by atoms with E-state index in [0.717, 1.165) is 45.1 Å². The van der Waals surface area contributed by atoms with Crippen molar-refractivity contribution in [2.24, 2.45) is 17.8 Å². The highest BCUT2D eigenvalue weighted by molar-refractivity contribution is 7.87. The lowest BCUT2D eigenvalue weighted by Crippen LogP contribution is -2.40. The Morgan fingerprint density at radius 2 is 1.41 bits per heavy atom. The van der Waals surface area contributed by atoms with Gasteiger partial charge in [0.2, 0.25) is 5.91 Å². The van der Waals surface area contributed by atoms with E-state index in [2.05, 4.69) is 5.32 Å². The number of carbonyl (C=O) groups is 3. The molecule has 0 spiro atoms. The van der Waals surface area contributed by atoms with Gasteiger partial charge in [0.25, 0.3) is 10.1 Å². The topological polar surface area (TPSA) is 125 Å². The standard InChI is InChI=1S/C24H31NO6S.C12H22O2.H2/c1-16(26)22(21(30-2)15-17-9-5-4-6-10-17)24(27)25-20-14-13-18-11-7-8-12-19(18)23(20)32(28,29)31-3;1-10(13)8-12(14-2)9-11-6-4-3-5-7-11;/h7-8,11-14,17,21-22H,4-6,9-10,15H2,1-3H3,(H,25,27);11-12H,3-9H2,1-2H3;1H. The molecule has 0 aromatic heterocycles. The predicted octanol–water partition coefficient (Wildman–Crippen LogP) is 7.50. The van der Waals surface area contributed by atoms with Crippen LogP contribution in [0.25, 0.3) is 10.8 Å². The number of ketones is 2. The van der Waals surface area contributed by atoms with Gasteiger partial charge in [0.1, 0.15) is 22.4 Å². The molecule has 1 amide bonds. The van der Waals surface area contributed by atoms with Gasteiger partial charge in [-0.05, 0) is 50.0 Å². The number of methoxy groups -OCH3 is 2. The van der Waals surface area contributed by atoms with Crippen molar-refractivity contribution in [1.29, 1.82) is 0 Å². The van der Waals surface area contributed by atoms with Crippen molar-refractivity contribution >= 4 is 44.1 Å². The quantitative estimate of drug-likeness (QED) is 0.163. The number of carbonyl (C=O) groups excluding carboxylic acids is 3. The number of amides is 1. The third-order valence-corrected chi connectivity index (χ3v) is 10.8. The Balaban J connectivity index is 0.000000431. The van der Waals surface area contributed by atoms with E-state index in [0.29, 0.717) is 29.5 Å². The lowest BCUT2D eigenvalue weighted by molar-refractivity contribution is -0.136. The van der Waals surface area contributed by atoms with Gasteiger partial charge in [-0.15, -0.1) is 0 Å². The van der Waals surface area contributed by atoms with Gasteiger partial charge in [-0.3, -0.25) is 18.6 Å². The van der Waals surface area contributed by atoms with Crippen LogP contribution in [-0.4, -0.2) is 59.4 Å². The number of ether oxygens (including phenoxy) is 2. The summed E-state index contributed by atoms with van der Waals surface area (Å²) in [5, 5.41) is 3.80. The molecule has 0 aliphatic heterocycles. The zero-order chi connectivity index (χ0) is 33.7. The number of nitrogens with one attached hydrogen (secondary N) is 1. The molecular weight excluding hydrogens is 606 g/mol. The molecule has 1 N–H and O–H groups in total. The summed E-state index contributed by atoms with van der Waals surface area (Å²) >= 11 is 0. The minimum absolute atomic E-state index is 0. The second-order valence-corrected chi connectivity index (χ2v) is 14.5.